The summed E-state index contributed by atoms with van der Waals surface area (Å²) < 4.78 is 0. The zero-order valence-corrected chi connectivity index (χ0v) is 5.24. The van der Waals surface area contributed by atoms with Gasteiger partial charge in [-0.05, 0) is 6.42 Å². The summed E-state index contributed by atoms with van der Waals surface area (Å²) in [7, 11) is 0. The van der Waals surface area contributed by atoms with E-state index in [1.807, 2.05) is 0 Å². The molecule has 0 aromatic carbocycles. The molecule has 0 aliphatic rings. The van der Waals surface area contributed by atoms with Crippen LogP contribution in [0.3, 0.4) is 0 Å². The van der Waals surface area contributed by atoms with E-state index in [0.29, 0.717) is 6.42 Å². The maximum atomic E-state index is 10.3. The molecule has 0 saturated carbocycles. The molecule has 1 amide bonds. The number of carbonyl (C=O) groups is 1. The highest BCUT2D eigenvalue weighted by Crippen LogP contribution is 1.95. The zero-order chi connectivity index (χ0) is 7.28. The second-order valence-corrected chi connectivity index (χ2v) is 1.84. The number of nitrogens with two attached hydrogens (primary N) is 1. The summed E-state index contributed by atoms with van der Waals surface area (Å²) in [6.07, 6.45) is 1.64. The van der Waals surface area contributed by atoms with Crippen LogP contribution in [0.15, 0.2) is 5.16 Å². The van der Waals surface area contributed by atoms with E-state index in [1.165, 1.54) is 6.21 Å². The van der Waals surface area contributed by atoms with Gasteiger partial charge in [-0.2, -0.15) is 0 Å². The van der Waals surface area contributed by atoms with Crippen molar-refractivity contribution in [3.05, 3.63) is 0 Å². The topological polar surface area (TPSA) is 75.7 Å². The molecule has 0 rings (SSSR count). The van der Waals surface area contributed by atoms with Crippen molar-refractivity contribution in [3.8, 4) is 0 Å². The lowest BCUT2D eigenvalue weighted by Crippen LogP contribution is -2.20. The molecule has 1 atom stereocenters. The predicted octanol–water partition coefficient (Wildman–Crippen LogP) is -0.0421. The van der Waals surface area contributed by atoms with E-state index in [9.17, 15) is 4.79 Å². The van der Waals surface area contributed by atoms with Crippen LogP contribution in [0.1, 0.15) is 13.3 Å². The highest BCUT2D eigenvalue weighted by molar-refractivity contribution is 5.79. The van der Waals surface area contributed by atoms with Crippen molar-refractivity contribution < 1.29 is 10.0 Å². The van der Waals surface area contributed by atoms with E-state index in [0.717, 1.165) is 0 Å². The Morgan fingerprint density at radius 2 is 2.56 bits per heavy atom. The third kappa shape index (κ3) is 3.52. The second kappa shape index (κ2) is 3.88. The molecule has 0 aliphatic carbocycles. The normalized spacial score (nSPS) is 13.9. The van der Waals surface area contributed by atoms with Gasteiger partial charge < -0.3 is 10.9 Å². The molecule has 52 valence electrons. The van der Waals surface area contributed by atoms with Crippen LogP contribution < -0.4 is 5.73 Å². The van der Waals surface area contributed by atoms with Crippen LogP contribution in [0.5, 0.6) is 0 Å². The highest BCUT2D eigenvalue weighted by Gasteiger charge is 2.05. The molecule has 0 radical (unpaired) electrons. The molecule has 0 aromatic rings. The number of rotatable bonds is 3. The lowest BCUT2D eigenvalue weighted by molar-refractivity contribution is -0.121. The number of oxime groups is 1. The molecule has 4 heteroatoms. The van der Waals surface area contributed by atoms with Gasteiger partial charge in [0.2, 0.25) is 5.91 Å². The number of hydrogen-bond donors (Lipinski definition) is 2. The van der Waals surface area contributed by atoms with Crippen LogP contribution >= 0.6 is 0 Å². The first kappa shape index (κ1) is 7.94. The highest BCUT2D eigenvalue weighted by atomic mass is 16.4. The average Bonchev–Trinajstić information content (AvgIpc) is 1.82. The molecular weight excluding hydrogens is 120 g/mol. The molecule has 0 bridgehead atoms. The van der Waals surface area contributed by atoms with Crippen LogP contribution in [0.25, 0.3) is 0 Å². The van der Waals surface area contributed by atoms with Gasteiger partial charge >= 0.3 is 0 Å². The van der Waals surface area contributed by atoms with Crippen LogP contribution in [-0.2, 0) is 4.79 Å². The first-order chi connectivity index (χ1) is 4.18. The monoisotopic (exact) mass is 130 g/mol. The van der Waals surface area contributed by atoms with E-state index in [1.54, 1.807) is 6.92 Å². The maximum Gasteiger partial charge on any atom is 0.220 e. The number of amides is 1. The third-order valence-corrected chi connectivity index (χ3v) is 1.03. The lowest BCUT2D eigenvalue weighted by atomic mass is 10.1. The number of carbonyl (C=O) groups excluding carboxylic acids is 1. The second-order valence-electron chi connectivity index (χ2n) is 1.84. The standard InChI is InChI=1S/C5H10N2O2/c1-4(5(6)8)2-3-7-9/h3-4,9H,2H2,1H3,(H2,6,8). The van der Waals surface area contributed by atoms with Gasteiger partial charge in [0.1, 0.15) is 0 Å². The largest absolute Gasteiger partial charge is 0.411 e. The molecular formula is C5H10N2O2. The van der Waals surface area contributed by atoms with Gasteiger partial charge in [-0.25, -0.2) is 0 Å². The van der Waals surface area contributed by atoms with Crippen LogP contribution in [-0.4, -0.2) is 17.3 Å². The fourth-order valence-corrected chi connectivity index (χ4v) is 0.321. The Morgan fingerprint density at radius 3 is 2.89 bits per heavy atom. The predicted molar refractivity (Wildman–Crippen MR) is 33.3 cm³/mol. The molecule has 0 saturated heterocycles. The minimum absolute atomic E-state index is 0.249. The van der Waals surface area contributed by atoms with E-state index >= 15 is 0 Å². The minimum atomic E-state index is -0.380. The summed E-state index contributed by atoms with van der Waals surface area (Å²) in [6.45, 7) is 1.67. The van der Waals surface area contributed by atoms with Crippen molar-refractivity contribution in [1.29, 1.82) is 0 Å². The van der Waals surface area contributed by atoms with Crippen molar-refractivity contribution >= 4 is 12.1 Å². The van der Waals surface area contributed by atoms with Crippen molar-refractivity contribution in [2.24, 2.45) is 16.8 Å². The Labute approximate surface area is 53.3 Å². The minimum Gasteiger partial charge on any atom is -0.411 e. The van der Waals surface area contributed by atoms with Gasteiger partial charge in [0.05, 0.1) is 0 Å². The van der Waals surface area contributed by atoms with Crippen LogP contribution in [0, 0.1) is 5.92 Å². The molecule has 4 nitrogen and oxygen atoms in total. The van der Waals surface area contributed by atoms with Crippen molar-refractivity contribution in [2.45, 2.75) is 13.3 Å². The molecule has 9 heavy (non-hydrogen) atoms. The molecule has 0 aromatic heterocycles. The molecule has 0 heterocycles. The van der Waals surface area contributed by atoms with Gasteiger partial charge in [0.15, 0.2) is 0 Å². The Bertz CT molecular complexity index is 122. The Balaban J connectivity index is 3.50. The maximum absolute atomic E-state index is 10.3. The Kier molecular flexibility index (Phi) is 3.43. The molecule has 0 fully saturated rings. The Morgan fingerprint density at radius 1 is 2.00 bits per heavy atom. The van der Waals surface area contributed by atoms with Gasteiger partial charge in [0.25, 0.3) is 0 Å². The number of primary amides is 1. The fourth-order valence-electron chi connectivity index (χ4n) is 0.321. The summed E-state index contributed by atoms with van der Waals surface area (Å²) in [5.74, 6) is -0.629. The van der Waals surface area contributed by atoms with Gasteiger partial charge in [0, 0.05) is 12.1 Å². The first-order valence-electron chi connectivity index (χ1n) is 2.63. The molecule has 1 unspecified atom stereocenters. The zero-order valence-electron chi connectivity index (χ0n) is 5.24. The average molecular weight is 130 g/mol. The number of hydrogen-bond acceptors (Lipinski definition) is 3. The summed E-state index contributed by atoms with van der Waals surface area (Å²) in [5, 5.41) is 10.6. The van der Waals surface area contributed by atoms with Crippen molar-refractivity contribution in [1.82, 2.24) is 0 Å². The fraction of sp³-hybridized carbons (Fsp3) is 0.600. The first-order valence-corrected chi connectivity index (χ1v) is 2.63. The van der Waals surface area contributed by atoms with E-state index in [4.69, 9.17) is 10.9 Å². The Hall–Kier alpha value is -1.06. The molecule has 3 N–H and O–H groups in total. The van der Waals surface area contributed by atoms with Crippen molar-refractivity contribution in [3.63, 3.8) is 0 Å². The molecule has 0 aliphatic heterocycles. The van der Waals surface area contributed by atoms with Crippen molar-refractivity contribution in [2.75, 3.05) is 0 Å². The van der Waals surface area contributed by atoms with Gasteiger partial charge in [-0.3, -0.25) is 4.79 Å². The molecule has 0 spiro atoms. The van der Waals surface area contributed by atoms with E-state index < -0.39 is 0 Å². The van der Waals surface area contributed by atoms with Gasteiger partial charge in [-0.1, -0.05) is 6.92 Å². The third-order valence-electron chi connectivity index (χ3n) is 1.03. The summed E-state index contributed by atoms with van der Waals surface area (Å²) in [4.78, 5) is 10.3. The SMILES string of the molecule is CC(CC=NO)C(N)=O. The lowest BCUT2D eigenvalue weighted by Gasteiger charge is -1.98. The number of nitrogens with zero attached hydrogens (tertiary/aromatic N) is 1. The van der Waals surface area contributed by atoms with Crippen LogP contribution in [0.2, 0.25) is 0 Å². The van der Waals surface area contributed by atoms with Crippen LogP contribution in [0.4, 0.5) is 0 Å². The smallest absolute Gasteiger partial charge is 0.220 e. The van der Waals surface area contributed by atoms with E-state index in [-0.39, 0.29) is 11.8 Å². The summed E-state index contributed by atoms with van der Waals surface area (Å²) >= 11 is 0. The van der Waals surface area contributed by atoms with Gasteiger partial charge in [-0.15, -0.1) is 5.16 Å². The quantitative estimate of drug-likeness (QED) is 0.319. The van der Waals surface area contributed by atoms with E-state index in [2.05, 4.69) is 5.16 Å². The summed E-state index contributed by atoms with van der Waals surface area (Å²) in [5.41, 5.74) is 4.89. The summed E-state index contributed by atoms with van der Waals surface area (Å²) in [6, 6.07) is 0.